The standard InChI is InChI=1S/C17H23N3O3/c1-13(2)6-4-7-14(3)10-11-18-19-17(21)15-8-5-9-16(12-15)20(22)23/h5-6,8-9,11-12,14H,4,7,10H2,1-3H3,(H,19,21)/b18-11-/t14-/m1/s1. The molecule has 1 atom stereocenters. The van der Waals surface area contributed by atoms with Crippen molar-refractivity contribution in [3.63, 3.8) is 0 Å². The van der Waals surface area contributed by atoms with Crippen molar-refractivity contribution in [2.75, 3.05) is 0 Å². The highest BCUT2D eigenvalue weighted by atomic mass is 16.6. The summed E-state index contributed by atoms with van der Waals surface area (Å²) in [7, 11) is 0. The van der Waals surface area contributed by atoms with Crippen molar-refractivity contribution in [3.05, 3.63) is 51.6 Å². The minimum atomic E-state index is -0.534. The zero-order valence-corrected chi connectivity index (χ0v) is 13.8. The number of carbonyl (C=O) groups is 1. The lowest BCUT2D eigenvalue weighted by Gasteiger charge is -2.06. The Morgan fingerprint density at radius 3 is 2.83 bits per heavy atom. The number of hydrogen-bond donors (Lipinski definition) is 1. The van der Waals surface area contributed by atoms with Gasteiger partial charge in [0.05, 0.1) is 4.92 Å². The molecule has 0 heterocycles. The quantitative estimate of drug-likeness (QED) is 0.339. The van der Waals surface area contributed by atoms with Crippen molar-refractivity contribution in [2.24, 2.45) is 11.0 Å². The number of nitrogens with one attached hydrogen (secondary N) is 1. The number of carbonyl (C=O) groups excluding carboxylic acids is 1. The molecule has 1 aromatic carbocycles. The molecule has 124 valence electrons. The van der Waals surface area contributed by atoms with Gasteiger partial charge in [-0.2, -0.15) is 5.10 Å². The zero-order chi connectivity index (χ0) is 17.2. The third-order valence-electron chi connectivity index (χ3n) is 3.30. The number of hydrogen-bond acceptors (Lipinski definition) is 4. The second-order valence-corrected chi connectivity index (χ2v) is 5.76. The van der Waals surface area contributed by atoms with E-state index in [2.05, 4.69) is 37.4 Å². The van der Waals surface area contributed by atoms with Gasteiger partial charge in [0.1, 0.15) is 0 Å². The largest absolute Gasteiger partial charge is 0.271 e. The molecule has 0 saturated carbocycles. The summed E-state index contributed by atoms with van der Waals surface area (Å²) in [6.45, 7) is 6.29. The molecule has 0 aliphatic rings. The summed E-state index contributed by atoms with van der Waals surface area (Å²) in [4.78, 5) is 22.0. The Bertz CT molecular complexity index is 605. The zero-order valence-electron chi connectivity index (χ0n) is 13.8. The van der Waals surface area contributed by atoms with Crippen LogP contribution in [0.4, 0.5) is 5.69 Å². The molecule has 0 aliphatic carbocycles. The Morgan fingerprint density at radius 2 is 2.17 bits per heavy atom. The Balaban J connectivity index is 2.42. The van der Waals surface area contributed by atoms with E-state index in [1.165, 1.54) is 29.8 Å². The van der Waals surface area contributed by atoms with E-state index in [0.717, 1.165) is 19.3 Å². The summed E-state index contributed by atoms with van der Waals surface area (Å²) in [6, 6.07) is 5.56. The number of rotatable bonds is 8. The normalized spacial score (nSPS) is 12.0. The van der Waals surface area contributed by atoms with E-state index in [9.17, 15) is 14.9 Å². The third-order valence-corrected chi connectivity index (χ3v) is 3.30. The van der Waals surface area contributed by atoms with E-state index in [1.807, 2.05) is 0 Å². The van der Waals surface area contributed by atoms with Crippen LogP contribution in [0.15, 0.2) is 41.0 Å². The first kappa shape index (κ1) is 18.5. The molecule has 1 rings (SSSR count). The van der Waals surface area contributed by atoms with Crippen molar-refractivity contribution >= 4 is 17.8 Å². The van der Waals surface area contributed by atoms with Crippen LogP contribution in [0.1, 0.15) is 50.4 Å². The predicted molar refractivity (Wildman–Crippen MR) is 91.5 cm³/mol. The van der Waals surface area contributed by atoms with Gasteiger partial charge in [0, 0.05) is 23.9 Å². The number of benzene rings is 1. The lowest BCUT2D eigenvalue weighted by molar-refractivity contribution is -0.384. The van der Waals surface area contributed by atoms with E-state index >= 15 is 0 Å². The van der Waals surface area contributed by atoms with Crippen molar-refractivity contribution in [2.45, 2.75) is 40.0 Å². The molecule has 0 unspecified atom stereocenters. The van der Waals surface area contributed by atoms with Gasteiger partial charge in [-0.1, -0.05) is 24.6 Å². The lowest BCUT2D eigenvalue weighted by atomic mass is 10.0. The van der Waals surface area contributed by atoms with Crippen LogP contribution >= 0.6 is 0 Å². The Kier molecular flexibility index (Phi) is 7.66. The summed E-state index contributed by atoms with van der Waals surface area (Å²) in [5, 5.41) is 14.6. The SMILES string of the molecule is CC(C)=CCC[C@@H](C)C/C=N\NC(=O)c1cccc([N+](=O)[O-])c1. The number of nitro benzene ring substituents is 1. The molecule has 0 saturated heterocycles. The van der Waals surface area contributed by atoms with Gasteiger partial charge < -0.3 is 0 Å². The van der Waals surface area contributed by atoms with Crippen molar-refractivity contribution in [1.29, 1.82) is 0 Å². The number of non-ortho nitro benzene ring substituents is 1. The molecule has 6 nitrogen and oxygen atoms in total. The van der Waals surface area contributed by atoms with Crippen LogP contribution in [-0.4, -0.2) is 17.0 Å². The monoisotopic (exact) mass is 317 g/mol. The third kappa shape index (κ3) is 7.35. The molecular weight excluding hydrogens is 294 g/mol. The molecule has 23 heavy (non-hydrogen) atoms. The van der Waals surface area contributed by atoms with Gasteiger partial charge in [-0.05, 0) is 45.1 Å². The van der Waals surface area contributed by atoms with Gasteiger partial charge >= 0.3 is 0 Å². The Morgan fingerprint density at radius 1 is 1.43 bits per heavy atom. The molecule has 0 aliphatic heterocycles. The van der Waals surface area contributed by atoms with Crippen LogP contribution < -0.4 is 5.43 Å². The Labute approximate surface area is 136 Å². The van der Waals surface area contributed by atoms with Crippen molar-refractivity contribution in [3.8, 4) is 0 Å². The molecule has 6 heteroatoms. The van der Waals surface area contributed by atoms with Crippen molar-refractivity contribution < 1.29 is 9.72 Å². The van der Waals surface area contributed by atoms with Gasteiger partial charge in [-0.15, -0.1) is 0 Å². The van der Waals surface area contributed by atoms with E-state index in [4.69, 9.17) is 0 Å². The van der Waals surface area contributed by atoms with E-state index in [-0.39, 0.29) is 11.3 Å². The summed E-state index contributed by atoms with van der Waals surface area (Å²) >= 11 is 0. The molecule has 0 aromatic heterocycles. The van der Waals surface area contributed by atoms with Gasteiger partial charge in [-0.25, -0.2) is 5.43 Å². The van der Waals surface area contributed by atoms with Gasteiger partial charge in [0.2, 0.25) is 0 Å². The summed E-state index contributed by atoms with van der Waals surface area (Å²) in [6.07, 6.45) is 6.75. The minimum absolute atomic E-state index is 0.116. The number of hydrazone groups is 1. The molecule has 0 radical (unpaired) electrons. The second kappa shape index (κ2) is 9.50. The second-order valence-electron chi connectivity index (χ2n) is 5.76. The summed E-state index contributed by atoms with van der Waals surface area (Å²) in [5.74, 6) is 0.0196. The van der Waals surface area contributed by atoms with Crippen molar-refractivity contribution in [1.82, 2.24) is 5.43 Å². The summed E-state index contributed by atoms with van der Waals surface area (Å²) < 4.78 is 0. The molecule has 0 spiro atoms. The predicted octanol–water partition coefficient (Wildman–Crippen LogP) is 4.08. The fourth-order valence-electron chi connectivity index (χ4n) is 1.94. The first-order valence-electron chi connectivity index (χ1n) is 7.60. The number of amides is 1. The number of allylic oxidation sites excluding steroid dienone is 2. The van der Waals surface area contributed by atoms with Gasteiger partial charge in [0.15, 0.2) is 0 Å². The first-order chi connectivity index (χ1) is 10.9. The first-order valence-corrected chi connectivity index (χ1v) is 7.60. The smallest absolute Gasteiger partial charge is 0.267 e. The van der Waals surface area contributed by atoms with Crippen LogP contribution in [0.2, 0.25) is 0 Å². The van der Waals surface area contributed by atoms with Crippen LogP contribution in [0.25, 0.3) is 0 Å². The molecular formula is C17H23N3O3. The average Bonchev–Trinajstić information content (AvgIpc) is 2.51. The highest BCUT2D eigenvalue weighted by Gasteiger charge is 2.10. The fraction of sp³-hybridized carbons (Fsp3) is 0.412. The van der Waals surface area contributed by atoms with Crippen LogP contribution in [0.5, 0.6) is 0 Å². The topological polar surface area (TPSA) is 84.6 Å². The molecule has 0 fully saturated rings. The average molecular weight is 317 g/mol. The molecule has 1 aromatic rings. The minimum Gasteiger partial charge on any atom is -0.267 e. The van der Waals surface area contributed by atoms with E-state index in [0.29, 0.717) is 5.92 Å². The summed E-state index contributed by atoms with van der Waals surface area (Å²) in [5.41, 5.74) is 3.81. The van der Waals surface area contributed by atoms with Gasteiger partial charge in [0.25, 0.3) is 11.6 Å². The number of nitro groups is 1. The maximum Gasteiger partial charge on any atom is 0.271 e. The van der Waals surface area contributed by atoms with E-state index < -0.39 is 10.8 Å². The van der Waals surface area contributed by atoms with E-state index in [1.54, 1.807) is 6.21 Å². The maximum absolute atomic E-state index is 11.9. The van der Waals surface area contributed by atoms with Crippen LogP contribution in [0, 0.1) is 16.0 Å². The Hall–Kier alpha value is -2.50. The van der Waals surface area contributed by atoms with Crippen LogP contribution in [-0.2, 0) is 0 Å². The molecule has 1 amide bonds. The molecule has 0 bridgehead atoms. The fourth-order valence-corrected chi connectivity index (χ4v) is 1.94. The maximum atomic E-state index is 11.9. The van der Waals surface area contributed by atoms with Gasteiger partial charge in [-0.3, -0.25) is 14.9 Å². The number of nitrogens with zero attached hydrogens (tertiary/aromatic N) is 2. The highest BCUT2D eigenvalue weighted by Crippen LogP contribution is 2.13. The highest BCUT2D eigenvalue weighted by molar-refractivity contribution is 5.94. The van der Waals surface area contributed by atoms with Crippen LogP contribution in [0.3, 0.4) is 0 Å². The lowest BCUT2D eigenvalue weighted by Crippen LogP contribution is -2.17. The molecule has 1 N–H and O–H groups in total.